The van der Waals surface area contributed by atoms with Crippen molar-refractivity contribution < 1.29 is 9.59 Å². The van der Waals surface area contributed by atoms with Crippen molar-refractivity contribution >= 4 is 11.8 Å². The number of piperazine rings is 1. The summed E-state index contributed by atoms with van der Waals surface area (Å²) in [4.78, 5) is 28.9. The number of hydrogen-bond acceptors (Lipinski definition) is 2. The molecule has 0 radical (unpaired) electrons. The summed E-state index contributed by atoms with van der Waals surface area (Å²) in [6.45, 7) is 3.59. The Hall–Kier alpha value is -1.06. The van der Waals surface area contributed by atoms with Crippen molar-refractivity contribution in [2.24, 2.45) is 5.92 Å². The molecule has 2 saturated heterocycles. The molecule has 4 nitrogen and oxygen atoms in total. The van der Waals surface area contributed by atoms with Crippen LogP contribution in [0.15, 0.2) is 0 Å². The van der Waals surface area contributed by atoms with Crippen molar-refractivity contribution in [3.8, 4) is 0 Å². The van der Waals surface area contributed by atoms with Crippen molar-refractivity contribution in [3.05, 3.63) is 0 Å². The van der Waals surface area contributed by atoms with Crippen LogP contribution in [0.2, 0.25) is 0 Å². The second kappa shape index (κ2) is 5.74. The van der Waals surface area contributed by atoms with E-state index >= 15 is 0 Å². The van der Waals surface area contributed by atoms with E-state index in [1.165, 1.54) is 25.7 Å². The Morgan fingerprint density at radius 1 is 1.05 bits per heavy atom. The van der Waals surface area contributed by atoms with E-state index in [2.05, 4.69) is 0 Å². The van der Waals surface area contributed by atoms with Crippen LogP contribution in [0.25, 0.3) is 0 Å². The molecule has 112 valence electrons. The first kappa shape index (κ1) is 13.9. The third-order valence-electron chi connectivity index (χ3n) is 5.40. The molecular formula is C16H26N2O2. The van der Waals surface area contributed by atoms with Crippen LogP contribution < -0.4 is 0 Å². The van der Waals surface area contributed by atoms with Gasteiger partial charge in [0.05, 0.1) is 0 Å². The number of rotatable bonds is 4. The van der Waals surface area contributed by atoms with Crippen LogP contribution in [0.4, 0.5) is 0 Å². The van der Waals surface area contributed by atoms with Gasteiger partial charge in [-0.2, -0.15) is 0 Å². The highest BCUT2D eigenvalue weighted by Crippen LogP contribution is 2.31. The molecule has 20 heavy (non-hydrogen) atoms. The van der Waals surface area contributed by atoms with Gasteiger partial charge in [0.2, 0.25) is 11.8 Å². The average molecular weight is 278 g/mol. The summed E-state index contributed by atoms with van der Waals surface area (Å²) in [6.07, 6.45) is 8.97. The first-order valence-electron chi connectivity index (χ1n) is 8.33. The van der Waals surface area contributed by atoms with Crippen LogP contribution in [0.3, 0.4) is 0 Å². The SMILES string of the molecule is CCC1C(=O)N2CCCC2C(=O)N1CCC1CCCC1. The molecule has 4 heteroatoms. The zero-order chi connectivity index (χ0) is 14.1. The summed E-state index contributed by atoms with van der Waals surface area (Å²) in [7, 11) is 0. The summed E-state index contributed by atoms with van der Waals surface area (Å²) in [5, 5.41) is 0. The van der Waals surface area contributed by atoms with Crippen molar-refractivity contribution in [3.63, 3.8) is 0 Å². The van der Waals surface area contributed by atoms with E-state index in [9.17, 15) is 9.59 Å². The molecule has 0 aromatic rings. The molecule has 3 aliphatic rings. The minimum Gasteiger partial charge on any atom is -0.329 e. The fourth-order valence-electron chi connectivity index (χ4n) is 4.24. The zero-order valence-electron chi connectivity index (χ0n) is 12.5. The normalized spacial score (nSPS) is 31.2. The molecule has 2 atom stereocenters. The van der Waals surface area contributed by atoms with E-state index in [0.717, 1.165) is 44.7 Å². The van der Waals surface area contributed by atoms with E-state index in [4.69, 9.17) is 0 Å². The molecule has 3 rings (SSSR count). The predicted octanol–water partition coefficient (Wildman–Crippen LogP) is 2.18. The Labute approximate surface area is 121 Å². The molecule has 0 spiro atoms. The minimum atomic E-state index is -0.196. The number of fused-ring (bicyclic) bond motifs is 1. The highest BCUT2D eigenvalue weighted by atomic mass is 16.2. The van der Waals surface area contributed by atoms with Gasteiger partial charge in [0.1, 0.15) is 12.1 Å². The van der Waals surface area contributed by atoms with Crippen molar-refractivity contribution in [1.82, 2.24) is 9.80 Å². The number of carbonyl (C=O) groups excluding carboxylic acids is 2. The summed E-state index contributed by atoms with van der Waals surface area (Å²) < 4.78 is 0. The van der Waals surface area contributed by atoms with E-state index in [1.54, 1.807) is 0 Å². The molecule has 0 aromatic heterocycles. The van der Waals surface area contributed by atoms with E-state index in [-0.39, 0.29) is 23.9 Å². The van der Waals surface area contributed by atoms with Gasteiger partial charge >= 0.3 is 0 Å². The quantitative estimate of drug-likeness (QED) is 0.791. The van der Waals surface area contributed by atoms with Gasteiger partial charge in [-0.1, -0.05) is 32.6 Å². The van der Waals surface area contributed by atoms with Gasteiger partial charge in [-0.3, -0.25) is 9.59 Å². The van der Waals surface area contributed by atoms with Crippen molar-refractivity contribution in [1.29, 1.82) is 0 Å². The Bertz CT molecular complexity index is 390. The molecule has 3 fully saturated rings. The van der Waals surface area contributed by atoms with Gasteiger partial charge in [-0.05, 0) is 31.6 Å². The maximum atomic E-state index is 12.7. The van der Waals surface area contributed by atoms with Crippen LogP contribution in [0.5, 0.6) is 0 Å². The molecule has 1 saturated carbocycles. The standard InChI is InChI=1S/C16H26N2O2/c1-2-13-15(19)17-10-5-8-14(17)16(20)18(13)11-9-12-6-3-4-7-12/h12-14H,2-11H2,1H3. The lowest BCUT2D eigenvalue weighted by atomic mass is 9.99. The van der Waals surface area contributed by atoms with E-state index in [0.29, 0.717) is 0 Å². The first-order valence-corrected chi connectivity index (χ1v) is 8.33. The Morgan fingerprint density at radius 3 is 2.50 bits per heavy atom. The number of amides is 2. The maximum Gasteiger partial charge on any atom is 0.246 e. The third kappa shape index (κ3) is 2.33. The van der Waals surface area contributed by atoms with Gasteiger partial charge < -0.3 is 9.80 Å². The Morgan fingerprint density at radius 2 is 1.80 bits per heavy atom. The van der Waals surface area contributed by atoms with E-state index < -0.39 is 0 Å². The number of nitrogens with zero attached hydrogens (tertiary/aromatic N) is 2. The van der Waals surface area contributed by atoms with Crippen LogP contribution in [-0.4, -0.2) is 46.8 Å². The molecule has 2 unspecified atom stereocenters. The Balaban J connectivity index is 1.69. The van der Waals surface area contributed by atoms with Crippen LogP contribution in [-0.2, 0) is 9.59 Å². The predicted molar refractivity (Wildman–Crippen MR) is 77.1 cm³/mol. The zero-order valence-corrected chi connectivity index (χ0v) is 12.5. The highest BCUT2D eigenvalue weighted by Gasteiger charge is 2.46. The lowest BCUT2D eigenvalue weighted by Crippen LogP contribution is -2.62. The molecule has 0 N–H and O–H groups in total. The van der Waals surface area contributed by atoms with E-state index in [1.807, 2.05) is 16.7 Å². The summed E-state index contributed by atoms with van der Waals surface area (Å²) in [5.41, 5.74) is 0. The number of hydrogen-bond donors (Lipinski definition) is 0. The molecular weight excluding hydrogens is 252 g/mol. The van der Waals surface area contributed by atoms with Crippen LogP contribution >= 0.6 is 0 Å². The average Bonchev–Trinajstić information content (AvgIpc) is 3.11. The smallest absolute Gasteiger partial charge is 0.246 e. The van der Waals surface area contributed by atoms with Crippen LogP contribution in [0.1, 0.15) is 58.3 Å². The van der Waals surface area contributed by atoms with Gasteiger partial charge in [-0.25, -0.2) is 0 Å². The fraction of sp³-hybridized carbons (Fsp3) is 0.875. The summed E-state index contributed by atoms with van der Waals surface area (Å²) in [6, 6.07) is -0.341. The summed E-state index contributed by atoms with van der Waals surface area (Å²) >= 11 is 0. The van der Waals surface area contributed by atoms with Gasteiger partial charge in [0.15, 0.2) is 0 Å². The maximum absolute atomic E-state index is 12.7. The largest absolute Gasteiger partial charge is 0.329 e. The van der Waals surface area contributed by atoms with Gasteiger partial charge in [0.25, 0.3) is 0 Å². The minimum absolute atomic E-state index is 0.145. The Kier molecular flexibility index (Phi) is 3.99. The molecule has 2 aliphatic heterocycles. The number of carbonyl (C=O) groups is 2. The first-order chi connectivity index (χ1) is 9.72. The lowest BCUT2D eigenvalue weighted by molar-refractivity contribution is -0.159. The van der Waals surface area contributed by atoms with Crippen molar-refractivity contribution in [2.45, 2.75) is 70.4 Å². The second-order valence-electron chi connectivity index (χ2n) is 6.58. The lowest BCUT2D eigenvalue weighted by Gasteiger charge is -2.42. The topological polar surface area (TPSA) is 40.6 Å². The highest BCUT2D eigenvalue weighted by molar-refractivity contribution is 5.97. The fourth-order valence-corrected chi connectivity index (χ4v) is 4.24. The molecule has 2 heterocycles. The third-order valence-corrected chi connectivity index (χ3v) is 5.40. The molecule has 2 amide bonds. The van der Waals surface area contributed by atoms with Crippen molar-refractivity contribution in [2.75, 3.05) is 13.1 Å². The second-order valence-corrected chi connectivity index (χ2v) is 6.58. The molecule has 0 aromatic carbocycles. The molecule has 1 aliphatic carbocycles. The van der Waals surface area contributed by atoms with Gasteiger partial charge in [0, 0.05) is 13.1 Å². The van der Waals surface area contributed by atoms with Gasteiger partial charge in [-0.15, -0.1) is 0 Å². The summed E-state index contributed by atoms with van der Waals surface area (Å²) in [5.74, 6) is 1.19. The molecule has 0 bridgehead atoms. The van der Waals surface area contributed by atoms with Crippen LogP contribution in [0, 0.1) is 5.92 Å². The monoisotopic (exact) mass is 278 g/mol.